The van der Waals surface area contributed by atoms with Gasteiger partial charge in [-0.15, -0.1) is 0 Å². The van der Waals surface area contributed by atoms with Crippen LogP contribution in [0.1, 0.15) is 51.9 Å². The number of rotatable bonds is 7. The minimum absolute atomic E-state index is 0.0817. The fourth-order valence-electron chi connectivity index (χ4n) is 5.23. The normalized spacial score (nSPS) is 24.2. The average molecular weight is 422 g/mol. The summed E-state index contributed by atoms with van der Waals surface area (Å²) >= 11 is 0. The Labute approximate surface area is 183 Å². The number of hydrogen-bond donors (Lipinski definition) is 0. The van der Waals surface area contributed by atoms with Crippen LogP contribution in [0.5, 0.6) is 0 Å². The van der Waals surface area contributed by atoms with Crippen LogP contribution in [0.3, 0.4) is 0 Å². The molecule has 0 saturated carbocycles. The minimum Gasteiger partial charge on any atom is -0.341 e. The molecule has 3 fully saturated rings. The zero-order valence-corrected chi connectivity index (χ0v) is 19.5. The second-order valence-corrected chi connectivity index (χ2v) is 9.64. The third-order valence-corrected chi connectivity index (χ3v) is 7.31. The Bertz CT molecular complexity index is 556. The first kappa shape index (κ1) is 23.3. The molecule has 0 radical (unpaired) electrons. The van der Waals surface area contributed by atoms with Gasteiger partial charge >= 0.3 is 6.03 Å². The quantitative estimate of drug-likeness (QED) is 0.632. The van der Waals surface area contributed by atoms with E-state index in [1.807, 2.05) is 23.9 Å². The van der Waals surface area contributed by atoms with Crippen molar-refractivity contribution in [3.05, 3.63) is 0 Å². The molecule has 172 valence electrons. The standard InChI is InChI=1S/C23H43N5O2/c1-4-25-13-8-20(9-14-25)18-22(29)27-15-10-21(19-27)28(23(30)24(2)3)17-16-26-11-6-5-7-12-26/h20-21H,4-19H2,1-3H3. The second kappa shape index (κ2) is 11.3. The molecule has 3 rings (SSSR count). The van der Waals surface area contributed by atoms with E-state index >= 15 is 0 Å². The van der Waals surface area contributed by atoms with Gasteiger partial charge in [0, 0.05) is 46.7 Å². The maximum Gasteiger partial charge on any atom is 0.319 e. The van der Waals surface area contributed by atoms with E-state index in [0.717, 1.165) is 71.6 Å². The topological polar surface area (TPSA) is 50.3 Å². The van der Waals surface area contributed by atoms with Crippen LogP contribution in [-0.4, -0.2) is 115 Å². The lowest BCUT2D eigenvalue weighted by Gasteiger charge is -2.35. The number of likely N-dealkylation sites (tertiary alicyclic amines) is 3. The molecule has 0 N–H and O–H groups in total. The van der Waals surface area contributed by atoms with Gasteiger partial charge in [0.1, 0.15) is 0 Å². The maximum atomic E-state index is 12.9. The van der Waals surface area contributed by atoms with Gasteiger partial charge in [0.15, 0.2) is 0 Å². The summed E-state index contributed by atoms with van der Waals surface area (Å²) in [5.74, 6) is 0.818. The predicted molar refractivity (Wildman–Crippen MR) is 121 cm³/mol. The summed E-state index contributed by atoms with van der Waals surface area (Å²) < 4.78 is 0. The Balaban J connectivity index is 1.50. The predicted octanol–water partition coefficient (Wildman–Crippen LogP) is 2.18. The average Bonchev–Trinajstić information content (AvgIpc) is 3.25. The monoisotopic (exact) mass is 421 g/mol. The van der Waals surface area contributed by atoms with Gasteiger partial charge in [-0.2, -0.15) is 0 Å². The van der Waals surface area contributed by atoms with Gasteiger partial charge in [-0.1, -0.05) is 13.3 Å². The summed E-state index contributed by atoms with van der Waals surface area (Å²) in [7, 11) is 3.66. The molecule has 0 aliphatic carbocycles. The lowest BCUT2D eigenvalue weighted by Crippen LogP contribution is -2.50. The molecule has 1 atom stereocenters. The fourth-order valence-corrected chi connectivity index (χ4v) is 5.23. The molecule has 0 aromatic rings. The van der Waals surface area contributed by atoms with E-state index < -0.39 is 0 Å². The van der Waals surface area contributed by atoms with Gasteiger partial charge in [-0.05, 0) is 70.7 Å². The van der Waals surface area contributed by atoms with Gasteiger partial charge in [0.05, 0.1) is 6.04 Å². The van der Waals surface area contributed by atoms with E-state index in [-0.39, 0.29) is 12.1 Å². The zero-order valence-electron chi connectivity index (χ0n) is 19.5. The molecule has 3 saturated heterocycles. The van der Waals surface area contributed by atoms with Crippen molar-refractivity contribution < 1.29 is 9.59 Å². The molecule has 30 heavy (non-hydrogen) atoms. The molecule has 3 amide bonds. The third-order valence-electron chi connectivity index (χ3n) is 7.31. The SMILES string of the molecule is CCN1CCC(CC(=O)N2CCC(N(CCN3CCCCC3)C(=O)N(C)C)C2)CC1. The Morgan fingerprint density at radius 1 is 0.900 bits per heavy atom. The van der Waals surface area contributed by atoms with Crippen molar-refractivity contribution in [2.75, 3.05) is 73.0 Å². The molecule has 3 heterocycles. The highest BCUT2D eigenvalue weighted by Crippen LogP contribution is 2.24. The van der Waals surface area contributed by atoms with Crippen molar-refractivity contribution >= 4 is 11.9 Å². The molecule has 3 aliphatic heterocycles. The van der Waals surface area contributed by atoms with Crippen LogP contribution in [0.15, 0.2) is 0 Å². The number of hydrogen-bond acceptors (Lipinski definition) is 4. The Hall–Kier alpha value is -1.34. The van der Waals surface area contributed by atoms with E-state index in [4.69, 9.17) is 0 Å². The lowest BCUT2D eigenvalue weighted by atomic mass is 9.93. The van der Waals surface area contributed by atoms with Crippen LogP contribution in [0.25, 0.3) is 0 Å². The van der Waals surface area contributed by atoms with Gasteiger partial charge in [0.2, 0.25) is 5.91 Å². The maximum absolute atomic E-state index is 12.9. The van der Waals surface area contributed by atoms with Gasteiger partial charge in [-0.3, -0.25) is 4.79 Å². The molecule has 0 bridgehead atoms. The summed E-state index contributed by atoms with van der Waals surface area (Å²) in [6, 6.07) is 0.230. The first-order valence-electron chi connectivity index (χ1n) is 12.2. The zero-order chi connectivity index (χ0) is 21.5. The number of nitrogens with zero attached hydrogens (tertiary/aromatic N) is 5. The van der Waals surface area contributed by atoms with E-state index in [9.17, 15) is 9.59 Å². The molecule has 0 aromatic heterocycles. The van der Waals surface area contributed by atoms with Gasteiger partial charge < -0.3 is 24.5 Å². The second-order valence-electron chi connectivity index (χ2n) is 9.64. The van der Waals surface area contributed by atoms with Crippen molar-refractivity contribution in [1.82, 2.24) is 24.5 Å². The number of urea groups is 1. The summed E-state index contributed by atoms with van der Waals surface area (Å²) in [5, 5.41) is 0. The number of piperidine rings is 2. The summed E-state index contributed by atoms with van der Waals surface area (Å²) in [5.41, 5.74) is 0. The van der Waals surface area contributed by atoms with E-state index in [2.05, 4.69) is 16.7 Å². The first-order valence-corrected chi connectivity index (χ1v) is 12.2. The van der Waals surface area contributed by atoms with Crippen molar-refractivity contribution in [3.63, 3.8) is 0 Å². The molecule has 3 aliphatic rings. The molecule has 7 heteroatoms. The van der Waals surface area contributed by atoms with Crippen molar-refractivity contribution in [3.8, 4) is 0 Å². The lowest BCUT2D eigenvalue weighted by molar-refractivity contribution is -0.131. The highest BCUT2D eigenvalue weighted by Gasteiger charge is 2.34. The molecule has 0 spiro atoms. The van der Waals surface area contributed by atoms with Crippen LogP contribution in [0.2, 0.25) is 0 Å². The summed E-state index contributed by atoms with van der Waals surface area (Å²) in [4.78, 5) is 36.5. The molecule has 1 unspecified atom stereocenters. The first-order chi connectivity index (χ1) is 14.5. The summed E-state index contributed by atoms with van der Waals surface area (Å²) in [6.07, 6.45) is 7.72. The highest BCUT2D eigenvalue weighted by molar-refractivity contribution is 5.77. The Morgan fingerprint density at radius 3 is 2.23 bits per heavy atom. The number of carbonyl (C=O) groups excluding carboxylic acids is 2. The van der Waals surface area contributed by atoms with E-state index in [1.165, 1.54) is 19.3 Å². The number of carbonyl (C=O) groups is 2. The van der Waals surface area contributed by atoms with Crippen molar-refractivity contribution in [1.29, 1.82) is 0 Å². The van der Waals surface area contributed by atoms with E-state index in [0.29, 0.717) is 24.8 Å². The van der Waals surface area contributed by atoms with Gasteiger partial charge in [0.25, 0.3) is 0 Å². The van der Waals surface area contributed by atoms with Crippen LogP contribution in [0.4, 0.5) is 4.79 Å². The van der Waals surface area contributed by atoms with Crippen molar-refractivity contribution in [2.45, 2.75) is 57.9 Å². The van der Waals surface area contributed by atoms with Crippen LogP contribution >= 0.6 is 0 Å². The minimum atomic E-state index is 0.0817. The molecular weight excluding hydrogens is 378 g/mol. The molecular formula is C23H43N5O2. The summed E-state index contributed by atoms with van der Waals surface area (Å²) in [6.45, 7) is 11.1. The number of amides is 3. The van der Waals surface area contributed by atoms with Gasteiger partial charge in [-0.25, -0.2) is 4.79 Å². The highest BCUT2D eigenvalue weighted by atomic mass is 16.2. The largest absolute Gasteiger partial charge is 0.341 e. The smallest absolute Gasteiger partial charge is 0.319 e. The molecule has 7 nitrogen and oxygen atoms in total. The van der Waals surface area contributed by atoms with Crippen molar-refractivity contribution in [2.24, 2.45) is 5.92 Å². The fraction of sp³-hybridized carbons (Fsp3) is 0.913. The van der Waals surface area contributed by atoms with Crippen LogP contribution < -0.4 is 0 Å². The Morgan fingerprint density at radius 2 is 1.60 bits per heavy atom. The van der Waals surface area contributed by atoms with E-state index in [1.54, 1.807) is 4.90 Å². The third kappa shape index (κ3) is 6.33. The van der Waals surface area contributed by atoms with Crippen LogP contribution in [-0.2, 0) is 4.79 Å². The Kier molecular flexibility index (Phi) is 8.81. The molecule has 0 aromatic carbocycles. The van der Waals surface area contributed by atoms with Crippen LogP contribution in [0, 0.1) is 5.92 Å².